The fourth-order valence-corrected chi connectivity index (χ4v) is 7.18. The molecule has 31 heavy (non-hydrogen) atoms. The standard InChI is InChI=1S/C25H34O6/c1-12-10-25(29-11-12)21-15(4)20-16(26)8-14(3)19(20)23(28)22(21)24(5,31-25)7-6-17-13(2)9-18(27)30-17/h9,12,14-17,19-20,26H,6-8,10-11H2,1-5H3/t12-,14+,15-,16+,17+,19-,20+,24-,25-/m1/s1. The third-order valence-corrected chi connectivity index (χ3v) is 8.48. The molecule has 0 aromatic carbocycles. The van der Waals surface area contributed by atoms with Crippen molar-refractivity contribution in [3.63, 3.8) is 0 Å². The van der Waals surface area contributed by atoms with Crippen molar-refractivity contribution >= 4 is 11.8 Å². The Morgan fingerprint density at radius 1 is 1.23 bits per heavy atom. The highest BCUT2D eigenvalue weighted by atomic mass is 16.7. The van der Waals surface area contributed by atoms with Gasteiger partial charge in [0.05, 0.1) is 18.3 Å². The summed E-state index contributed by atoms with van der Waals surface area (Å²) < 4.78 is 18.5. The van der Waals surface area contributed by atoms with Crippen molar-refractivity contribution in [2.75, 3.05) is 6.61 Å². The van der Waals surface area contributed by atoms with Crippen molar-refractivity contribution in [1.82, 2.24) is 0 Å². The minimum atomic E-state index is -0.883. The van der Waals surface area contributed by atoms with Gasteiger partial charge < -0.3 is 19.3 Å². The molecule has 3 aliphatic heterocycles. The lowest BCUT2D eigenvalue weighted by Gasteiger charge is -2.39. The van der Waals surface area contributed by atoms with Crippen LogP contribution in [-0.4, -0.2) is 47.1 Å². The van der Waals surface area contributed by atoms with Gasteiger partial charge in [0.15, 0.2) is 11.6 Å². The van der Waals surface area contributed by atoms with E-state index in [1.54, 1.807) is 0 Å². The first-order chi connectivity index (χ1) is 14.6. The van der Waals surface area contributed by atoms with E-state index < -0.39 is 17.5 Å². The van der Waals surface area contributed by atoms with Crippen molar-refractivity contribution in [2.45, 2.75) is 83.9 Å². The van der Waals surface area contributed by atoms with Crippen LogP contribution in [-0.2, 0) is 23.8 Å². The highest BCUT2D eigenvalue weighted by Crippen LogP contribution is 2.61. The normalized spacial score (nSPS) is 49.0. The van der Waals surface area contributed by atoms with E-state index in [-0.39, 0.29) is 41.5 Å². The van der Waals surface area contributed by atoms with Gasteiger partial charge in [0.2, 0.25) is 0 Å². The highest BCUT2D eigenvalue weighted by Gasteiger charge is 2.65. The Morgan fingerprint density at radius 3 is 2.58 bits per heavy atom. The number of Topliss-reactive ketones (excluding diaryl/α,β-unsaturated/α-hetero) is 1. The topological polar surface area (TPSA) is 82.1 Å². The summed E-state index contributed by atoms with van der Waals surface area (Å²) in [6.45, 7) is 10.9. The quantitative estimate of drug-likeness (QED) is 0.692. The number of aliphatic hydroxyl groups is 1. The molecule has 0 aromatic heterocycles. The van der Waals surface area contributed by atoms with E-state index in [2.05, 4.69) is 20.8 Å². The summed E-state index contributed by atoms with van der Waals surface area (Å²) >= 11 is 0. The van der Waals surface area contributed by atoms with Crippen molar-refractivity contribution in [3.05, 3.63) is 22.8 Å². The van der Waals surface area contributed by atoms with Gasteiger partial charge in [0, 0.05) is 35.5 Å². The van der Waals surface area contributed by atoms with Crippen LogP contribution >= 0.6 is 0 Å². The third-order valence-electron chi connectivity index (χ3n) is 8.48. The zero-order valence-electron chi connectivity index (χ0n) is 19.1. The molecule has 0 aromatic rings. The van der Waals surface area contributed by atoms with Crippen LogP contribution in [0.4, 0.5) is 0 Å². The number of aliphatic hydroxyl groups excluding tert-OH is 1. The summed E-state index contributed by atoms with van der Waals surface area (Å²) in [5.41, 5.74) is 1.85. The Morgan fingerprint density at radius 2 is 1.97 bits per heavy atom. The van der Waals surface area contributed by atoms with Gasteiger partial charge >= 0.3 is 5.97 Å². The number of cyclic esters (lactones) is 1. The molecular weight excluding hydrogens is 396 g/mol. The summed E-state index contributed by atoms with van der Waals surface area (Å²) in [7, 11) is 0. The Kier molecular flexibility index (Phi) is 4.82. The van der Waals surface area contributed by atoms with Crippen LogP contribution in [0.5, 0.6) is 0 Å². The van der Waals surface area contributed by atoms with Crippen LogP contribution in [0.3, 0.4) is 0 Å². The van der Waals surface area contributed by atoms with Gasteiger partial charge in [-0.25, -0.2) is 4.79 Å². The van der Waals surface area contributed by atoms with Crippen LogP contribution in [0.1, 0.15) is 60.3 Å². The maximum absolute atomic E-state index is 13.9. The van der Waals surface area contributed by atoms with Gasteiger partial charge in [-0.05, 0) is 56.4 Å². The molecule has 0 bridgehead atoms. The number of carbonyl (C=O) groups excluding carboxylic acids is 2. The van der Waals surface area contributed by atoms with Crippen molar-refractivity contribution in [1.29, 1.82) is 0 Å². The average Bonchev–Trinajstić information content (AvgIpc) is 3.37. The van der Waals surface area contributed by atoms with Crippen molar-refractivity contribution < 1.29 is 28.9 Å². The summed E-state index contributed by atoms with van der Waals surface area (Å²) in [6.07, 6.45) is 3.35. The van der Waals surface area contributed by atoms with Gasteiger partial charge in [-0.2, -0.15) is 0 Å². The van der Waals surface area contributed by atoms with Crippen LogP contribution < -0.4 is 0 Å². The number of rotatable bonds is 3. The fraction of sp³-hybridized carbons (Fsp3) is 0.760. The number of esters is 1. The molecule has 9 atom stereocenters. The molecule has 6 heteroatoms. The van der Waals surface area contributed by atoms with Gasteiger partial charge in [0.1, 0.15) is 6.10 Å². The molecule has 5 rings (SSSR count). The SMILES string of the molecule is CC1=CC(=O)O[C@H]1CC[C@@]1(C)O[C@]2(C[C@@H](C)CO2)C2=C1C(=O)[C@H]1[C@H]([C@@H](O)C[C@@H]1C)[C@H]2C. The van der Waals surface area contributed by atoms with Crippen LogP contribution in [0.25, 0.3) is 0 Å². The molecule has 1 spiro atoms. The summed E-state index contributed by atoms with van der Waals surface area (Å²) in [5, 5.41) is 10.8. The number of ketones is 1. The zero-order chi connectivity index (χ0) is 22.3. The predicted molar refractivity (Wildman–Crippen MR) is 113 cm³/mol. The maximum Gasteiger partial charge on any atom is 0.331 e. The van der Waals surface area contributed by atoms with Crippen molar-refractivity contribution in [2.24, 2.45) is 29.6 Å². The van der Waals surface area contributed by atoms with E-state index in [0.717, 1.165) is 23.1 Å². The van der Waals surface area contributed by atoms with E-state index >= 15 is 0 Å². The van der Waals surface area contributed by atoms with Gasteiger partial charge in [-0.3, -0.25) is 4.79 Å². The van der Waals surface area contributed by atoms with E-state index in [9.17, 15) is 14.7 Å². The van der Waals surface area contributed by atoms with E-state index in [1.165, 1.54) is 6.08 Å². The molecule has 6 nitrogen and oxygen atoms in total. The maximum atomic E-state index is 13.9. The fourth-order valence-electron chi connectivity index (χ4n) is 7.18. The predicted octanol–water partition coefficient (Wildman–Crippen LogP) is 3.33. The van der Waals surface area contributed by atoms with Gasteiger partial charge in [-0.1, -0.05) is 20.8 Å². The Labute approximate surface area is 184 Å². The molecule has 1 saturated carbocycles. The lowest BCUT2D eigenvalue weighted by molar-refractivity contribution is -0.219. The Bertz CT molecular complexity index is 888. The lowest BCUT2D eigenvalue weighted by Crippen LogP contribution is -2.43. The van der Waals surface area contributed by atoms with Crippen LogP contribution in [0.2, 0.25) is 0 Å². The minimum absolute atomic E-state index is 0.0238. The number of carbonyl (C=O) groups is 2. The molecule has 1 N–H and O–H groups in total. The monoisotopic (exact) mass is 430 g/mol. The highest BCUT2D eigenvalue weighted by molar-refractivity contribution is 6.02. The number of hydrogen-bond donors (Lipinski definition) is 1. The summed E-state index contributed by atoms with van der Waals surface area (Å²) in [4.78, 5) is 25.6. The Balaban J connectivity index is 1.54. The molecule has 2 fully saturated rings. The molecule has 5 aliphatic rings. The molecule has 1 saturated heterocycles. The Hall–Kier alpha value is -1.50. The number of fused-ring (bicyclic) bond motifs is 2. The number of hydrogen-bond acceptors (Lipinski definition) is 6. The smallest absolute Gasteiger partial charge is 0.331 e. The van der Waals surface area contributed by atoms with E-state index in [4.69, 9.17) is 14.2 Å². The average molecular weight is 431 g/mol. The number of ether oxygens (including phenoxy) is 3. The first-order valence-corrected chi connectivity index (χ1v) is 11.8. The van der Waals surface area contributed by atoms with Gasteiger partial charge in [0.25, 0.3) is 0 Å². The second-order valence-corrected chi connectivity index (χ2v) is 10.9. The molecule has 0 unspecified atom stereocenters. The molecular formula is C25H34O6. The first-order valence-electron chi connectivity index (χ1n) is 11.8. The largest absolute Gasteiger partial charge is 0.455 e. The molecule has 2 aliphatic carbocycles. The molecule has 170 valence electrons. The van der Waals surface area contributed by atoms with Crippen molar-refractivity contribution in [3.8, 4) is 0 Å². The molecule has 0 radical (unpaired) electrons. The second-order valence-electron chi connectivity index (χ2n) is 10.9. The summed E-state index contributed by atoms with van der Waals surface area (Å²) in [5.74, 6) is -0.805. The van der Waals surface area contributed by atoms with Gasteiger partial charge in [-0.15, -0.1) is 0 Å². The zero-order valence-corrected chi connectivity index (χ0v) is 19.1. The van der Waals surface area contributed by atoms with E-state index in [1.807, 2.05) is 13.8 Å². The third kappa shape index (κ3) is 3.01. The van der Waals surface area contributed by atoms with Crippen LogP contribution in [0.15, 0.2) is 22.8 Å². The minimum Gasteiger partial charge on any atom is -0.455 e. The van der Waals surface area contributed by atoms with Crippen LogP contribution in [0, 0.1) is 29.6 Å². The lowest BCUT2D eigenvalue weighted by atomic mass is 9.64. The molecule has 3 heterocycles. The summed E-state index contributed by atoms with van der Waals surface area (Å²) in [6, 6.07) is 0. The van der Waals surface area contributed by atoms with E-state index in [0.29, 0.717) is 31.8 Å². The first kappa shape index (κ1) is 21.4. The molecule has 0 amide bonds. The second kappa shape index (κ2) is 7.00.